The van der Waals surface area contributed by atoms with Crippen LogP contribution in [0.25, 0.3) is 0 Å². The molecule has 0 saturated carbocycles. The molecule has 0 heterocycles. The van der Waals surface area contributed by atoms with Crippen molar-refractivity contribution < 1.29 is 22.9 Å². The highest BCUT2D eigenvalue weighted by Crippen LogP contribution is 2.23. The fourth-order valence-electron chi connectivity index (χ4n) is 1.44. The number of hydrogen-bond acceptors (Lipinski definition) is 2. The smallest absolute Gasteiger partial charge is 0.309 e. The van der Waals surface area contributed by atoms with E-state index < -0.39 is 25.1 Å². The van der Waals surface area contributed by atoms with Crippen molar-refractivity contribution in [3.05, 3.63) is 29.3 Å². The Morgan fingerprint density at radius 3 is 2.83 bits per heavy atom. The molecule has 1 N–H and O–H groups in total. The van der Waals surface area contributed by atoms with Gasteiger partial charge in [-0.05, 0) is 57.6 Å². The van der Waals surface area contributed by atoms with E-state index in [4.69, 9.17) is 18.1 Å². The van der Waals surface area contributed by atoms with Crippen molar-refractivity contribution >= 4 is 5.97 Å². The largest absolute Gasteiger partial charge is 0.493 e. The average molecular weight is 256 g/mol. The van der Waals surface area contributed by atoms with Crippen LogP contribution in [0.15, 0.2) is 18.2 Å². The maximum Gasteiger partial charge on any atom is 0.309 e. The van der Waals surface area contributed by atoms with Gasteiger partial charge in [-0.2, -0.15) is 0 Å². The van der Waals surface area contributed by atoms with E-state index in [1.165, 1.54) is 18.2 Å². The Morgan fingerprint density at radius 2 is 2.22 bits per heavy atom. The number of carbonyl (C=O) groups is 1. The molecule has 0 amide bonds. The highest BCUT2D eigenvalue weighted by Gasteiger charge is 2.26. The molecule has 0 atom stereocenters. The van der Waals surface area contributed by atoms with E-state index in [1.54, 1.807) is 13.8 Å². The van der Waals surface area contributed by atoms with Crippen molar-refractivity contribution in [2.24, 2.45) is 5.41 Å². The predicted octanol–water partition coefficient (Wildman–Crippen LogP) is 3.57. The van der Waals surface area contributed by atoms with Crippen molar-refractivity contribution in [2.75, 3.05) is 6.61 Å². The molecule has 0 fully saturated rings. The lowest BCUT2D eigenvalue weighted by Gasteiger charge is -2.19. The molecule has 1 aromatic rings. The summed E-state index contributed by atoms with van der Waals surface area (Å²) in [5.41, 5.74) is -0.971. The molecule has 1 aromatic carbocycles. The van der Waals surface area contributed by atoms with Gasteiger partial charge in [-0.15, -0.1) is 0 Å². The number of hydrogen-bond donors (Lipinski definition) is 1. The molecular weight excluding hydrogens is 228 g/mol. The number of ether oxygens (including phenoxy) is 1. The lowest BCUT2D eigenvalue weighted by Crippen LogP contribution is -2.24. The van der Waals surface area contributed by atoms with Gasteiger partial charge in [-0.1, -0.05) is 12.1 Å². The monoisotopic (exact) mass is 256 g/mol. The molecule has 0 aliphatic carbocycles. The maximum atomic E-state index is 11.0. The Morgan fingerprint density at radius 1 is 1.44 bits per heavy atom. The first kappa shape index (κ1) is 7.82. The number of carboxylic acids is 1. The Balaban J connectivity index is 2.90. The molecule has 0 unspecified atom stereocenters. The van der Waals surface area contributed by atoms with Crippen LogP contribution >= 0.6 is 0 Å². The first-order valence-corrected chi connectivity index (χ1v) is 5.76. The molecular formula is C15H22O3. The molecule has 0 aromatic heterocycles. The zero-order valence-corrected chi connectivity index (χ0v) is 10.6. The number of rotatable bonds is 6. The summed E-state index contributed by atoms with van der Waals surface area (Å²) in [4.78, 5) is 11.0. The summed E-state index contributed by atoms with van der Waals surface area (Å²) < 4.78 is 50.2. The Labute approximate surface area is 117 Å². The molecule has 0 radical (unpaired) electrons. The number of aliphatic carboxylic acids is 1. The van der Waals surface area contributed by atoms with Crippen molar-refractivity contribution in [3.8, 4) is 5.75 Å². The molecule has 0 bridgehead atoms. The Kier molecular flexibility index (Phi) is 2.56. The van der Waals surface area contributed by atoms with E-state index in [9.17, 15) is 4.79 Å². The summed E-state index contributed by atoms with van der Waals surface area (Å²) in [5.74, 6) is -0.924. The van der Waals surface area contributed by atoms with E-state index in [1.807, 2.05) is 0 Å². The van der Waals surface area contributed by atoms with E-state index in [0.717, 1.165) is 0 Å². The van der Waals surface area contributed by atoms with E-state index in [-0.39, 0.29) is 23.5 Å². The summed E-state index contributed by atoms with van der Waals surface area (Å²) in [6.07, 6.45) is 0.752. The standard InChI is InChI=1S/C15H22O3/c1-11-6-7-12(2)13(10-11)18-9-5-8-15(3,4)14(16)17/h6-7,10H,5,8-9H2,1-4H3,(H,16,17)/i1D3,2D3. The van der Waals surface area contributed by atoms with E-state index >= 15 is 0 Å². The molecule has 3 nitrogen and oxygen atoms in total. The van der Waals surface area contributed by atoms with Crippen LogP contribution in [0.3, 0.4) is 0 Å². The van der Waals surface area contributed by atoms with Crippen LogP contribution in [0.4, 0.5) is 0 Å². The highest BCUT2D eigenvalue weighted by atomic mass is 16.5. The van der Waals surface area contributed by atoms with Crippen LogP contribution in [0.5, 0.6) is 5.75 Å². The van der Waals surface area contributed by atoms with Gasteiger partial charge < -0.3 is 9.84 Å². The molecule has 0 saturated heterocycles. The maximum absolute atomic E-state index is 11.0. The second-order valence-electron chi connectivity index (χ2n) is 4.85. The van der Waals surface area contributed by atoms with Gasteiger partial charge in [0.05, 0.1) is 12.0 Å². The van der Waals surface area contributed by atoms with Crippen molar-refractivity contribution in [3.63, 3.8) is 0 Å². The third-order valence-electron chi connectivity index (χ3n) is 2.76. The van der Waals surface area contributed by atoms with Gasteiger partial charge in [0.1, 0.15) is 5.75 Å². The van der Waals surface area contributed by atoms with Gasteiger partial charge >= 0.3 is 5.97 Å². The predicted molar refractivity (Wildman–Crippen MR) is 72.1 cm³/mol. The van der Waals surface area contributed by atoms with Gasteiger partial charge in [-0.25, -0.2) is 0 Å². The van der Waals surface area contributed by atoms with Gasteiger partial charge in [-0.3, -0.25) is 4.79 Å². The van der Waals surface area contributed by atoms with Crippen LogP contribution in [-0.2, 0) is 4.79 Å². The fraction of sp³-hybridized carbons (Fsp3) is 0.533. The lowest BCUT2D eigenvalue weighted by molar-refractivity contribution is -0.147. The minimum Gasteiger partial charge on any atom is -0.493 e. The first-order chi connectivity index (χ1) is 10.7. The normalized spacial score (nSPS) is 17.7. The van der Waals surface area contributed by atoms with Crippen LogP contribution in [-0.4, -0.2) is 17.7 Å². The van der Waals surface area contributed by atoms with Gasteiger partial charge in [0.15, 0.2) is 0 Å². The molecule has 100 valence electrons. The van der Waals surface area contributed by atoms with E-state index in [0.29, 0.717) is 12.8 Å². The Bertz CT molecular complexity index is 590. The minimum absolute atomic E-state index is 0.00300. The lowest BCUT2D eigenvalue weighted by atomic mass is 9.88. The van der Waals surface area contributed by atoms with Gasteiger partial charge in [0, 0.05) is 8.22 Å². The fourth-order valence-corrected chi connectivity index (χ4v) is 1.44. The third kappa shape index (κ3) is 4.06. The topological polar surface area (TPSA) is 46.5 Å². The summed E-state index contributed by atoms with van der Waals surface area (Å²) in [6.45, 7) is -1.50. The second kappa shape index (κ2) is 5.89. The summed E-state index contributed by atoms with van der Waals surface area (Å²) in [6, 6.07) is 3.72. The molecule has 3 heteroatoms. The molecule has 1 rings (SSSR count). The highest BCUT2D eigenvalue weighted by molar-refractivity contribution is 5.73. The zero-order valence-electron chi connectivity index (χ0n) is 16.6. The second-order valence-corrected chi connectivity index (χ2v) is 4.85. The number of carboxylic acid groups (broad SMARTS) is 1. The van der Waals surface area contributed by atoms with Crippen LogP contribution < -0.4 is 4.74 Å². The molecule has 18 heavy (non-hydrogen) atoms. The molecule has 0 aliphatic rings. The van der Waals surface area contributed by atoms with Gasteiger partial charge in [0.2, 0.25) is 0 Å². The zero-order chi connectivity index (χ0) is 18.8. The third-order valence-corrected chi connectivity index (χ3v) is 2.76. The van der Waals surface area contributed by atoms with Crippen LogP contribution in [0, 0.1) is 19.1 Å². The summed E-state index contributed by atoms with van der Waals surface area (Å²) in [5, 5.41) is 9.06. The van der Waals surface area contributed by atoms with Crippen LogP contribution in [0.2, 0.25) is 0 Å². The molecule has 0 spiro atoms. The van der Waals surface area contributed by atoms with Crippen molar-refractivity contribution in [1.29, 1.82) is 0 Å². The Hall–Kier alpha value is -1.51. The quantitative estimate of drug-likeness (QED) is 0.791. The summed E-state index contributed by atoms with van der Waals surface area (Å²) >= 11 is 0. The summed E-state index contributed by atoms with van der Waals surface area (Å²) in [7, 11) is 0. The van der Waals surface area contributed by atoms with E-state index in [2.05, 4.69) is 0 Å². The van der Waals surface area contributed by atoms with Crippen molar-refractivity contribution in [1.82, 2.24) is 0 Å². The van der Waals surface area contributed by atoms with Gasteiger partial charge in [0.25, 0.3) is 0 Å². The van der Waals surface area contributed by atoms with Crippen LogP contribution in [0.1, 0.15) is 46.0 Å². The number of benzene rings is 1. The first-order valence-electron chi connectivity index (χ1n) is 8.76. The number of aryl methyl sites for hydroxylation is 2. The SMILES string of the molecule is [2H]C([2H])([2H])c1ccc(C([2H])([2H])[2H])c(OCCCC(C)(C)C(=O)O)c1. The average Bonchev–Trinajstić information content (AvgIpc) is 2.41. The van der Waals surface area contributed by atoms with Crippen molar-refractivity contribution in [2.45, 2.75) is 40.4 Å². The molecule has 0 aliphatic heterocycles. The minimum atomic E-state index is -2.43.